The number of amides is 1. The van der Waals surface area contributed by atoms with E-state index in [0.717, 1.165) is 28.8 Å². The van der Waals surface area contributed by atoms with Gasteiger partial charge in [0.1, 0.15) is 11.5 Å². The third-order valence-electron chi connectivity index (χ3n) is 5.03. The van der Waals surface area contributed by atoms with Crippen molar-refractivity contribution >= 4 is 11.6 Å². The number of nitrogens with zero attached hydrogens (tertiary/aromatic N) is 3. The summed E-state index contributed by atoms with van der Waals surface area (Å²) in [5, 5.41) is 4.26. The molecule has 28 heavy (non-hydrogen) atoms. The van der Waals surface area contributed by atoms with Crippen LogP contribution in [0.25, 0.3) is 5.69 Å². The van der Waals surface area contributed by atoms with Crippen molar-refractivity contribution in [3.8, 4) is 5.69 Å². The Morgan fingerprint density at radius 3 is 2.57 bits per heavy atom. The molecule has 2 heterocycles. The zero-order valence-electron chi connectivity index (χ0n) is 15.8. The summed E-state index contributed by atoms with van der Waals surface area (Å²) in [5.74, 6) is -0.651. The first-order valence-corrected chi connectivity index (χ1v) is 9.22. The van der Waals surface area contributed by atoms with Gasteiger partial charge in [0, 0.05) is 18.3 Å². The zero-order valence-corrected chi connectivity index (χ0v) is 15.8. The third kappa shape index (κ3) is 3.22. The first-order chi connectivity index (χ1) is 13.4. The van der Waals surface area contributed by atoms with Crippen molar-refractivity contribution in [3.05, 3.63) is 87.1 Å². The van der Waals surface area contributed by atoms with Crippen molar-refractivity contribution in [2.45, 2.75) is 26.7 Å². The van der Waals surface area contributed by atoms with Gasteiger partial charge in [-0.05, 0) is 79.8 Å². The number of anilines is 1. The van der Waals surface area contributed by atoms with Gasteiger partial charge >= 0.3 is 0 Å². The summed E-state index contributed by atoms with van der Waals surface area (Å²) < 4.78 is 14.3. The van der Waals surface area contributed by atoms with Gasteiger partial charge in [-0.3, -0.25) is 9.59 Å². The summed E-state index contributed by atoms with van der Waals surface area (Å²) in [5.41, 5.74) is 4.57. The number of carbonyl (C=O) groups excluding carboxylic acids is 1. The number of hydrogen-bond acceptors (Lipinski definition) is 3. The van der Waals surface area contributed by atoms with Gasteiger partial charge in [0.2, 0.25) is 0 Å². The predicted molar refractivity (Wildman–Crippen MR) is 106 cm³/mol. The molecule has 5 nitrogen and oxygen atoms in total. The molecule has 2 aromatic carbocycles. The van der Waals surface area contributed by atoms with E-state index in [2.05, 4.69) is 18.1 Å². The Morgan fingerprint density at radius 1 is 1.07 bits per heavy atom. The fourth-order valence-corrected chi connectivity index (χ4v) is 3.72. The van der Waals surface area contributed by atoms with Crippen LogP contribution in [0, 0.1) is 19.7 Å². The number of benzene rings is 2. The van der Waals surface area contributed by atoms with Crippen LogP contribution < -0.4 is 10.5 Å². The van der Waals surface area contributed by atoms with Crippen molar-refractivity contribution in [3.63, 3.8) is 0 Å². The molecule has 1 amide bonds. The van der Waals surface area contributed by atoms with Crippen LogP contribution >= 0.6 is 0 Å². The molecule has 1 aliphatic rings. The molecule has 0 aliphatic carbocycles. The average molecular weight is 377 g/mol. The van der Waals surface area contributed by atoms with E-state index in [1.807, 2.05) is 13.0 Å². The maximum atomic E-state index is 13.2. The van der Waals surface area contributed by atoms with E-state index in [0.29, 0.717) is 12.2 Å². The molecule has 0 saturated carbocycles. The summed E-state index contributed by atoms with van der Waals surface area (Å²) in [6, 6.07) is 12.3. The second-order valence-corrected chi connectivity index (χ2v) is 7.08. The number of aromatic nitrogens is 2. The SMILES string of the molecule is Cc1cc(C)c2c(c1)N(C(=O)c1ccc(=O)n(-c3ccc(F)cc3)n1)CCC2. The molecular formula is C22H20FN3O2. The van der Waals surface area contributed by atoms with Crippen LogP contribution in [0.2, 0.25) is 0 Å². The second kappa shape index (κ2) is 7.03. The summed E-state index contributed by atoms with van der Waals surface area (Å²) in [6.45, 7) is 4.68. The van der Waals surface area contributed by atoms with E-state index in [-0.39, 0.29) is 17.2 Å². The summed E-state index contributed by atoms with van der Waals surface area (Å²) in [4.78, 5) is 27.2. The largest absolute Gasteiger partial charge is 0.307 e. The molecule has 0 spiro atoms. The molecule has 0 radical (unpaired) electrons. The van der Waals surface area contributed by atoms with Crippen LogP contribution in [-0.2, 0) is 6.42 Å². The minimum absolute atomic E-state index is 0.177. The lowest BCUT2D eigenvalue weighted by molar-refractivity contribution is 0.0978. The van der Waals surface area contributed by atoms with E-state index in [4.69, 9.17) is 0 Å². The van der Waals surface area contributed by atoms with Crippen LogP contribution in [0.1, 0.15) is 33.6 Å². The lowest BCUT2D eigenvalue weighted by Gasteiger charge is -2.30. The van der Waals surface area contributed by atoms with Crippen molar-refractivity contribution in [2.24, 2.45) is 0 Å². The van der Waals surface area contributed by atoms with Crippen LogP contribution in [0.4, 0.5) is 10.1 Å². The van der Waals surface area contributed by atoms with E-state index >= 15 is 0 Å². The van der Waals surface area contributed by atoms with Crippen LogP contribution in [0.3, 0.4) is 0 Å². The van der Waals surface area contributed by atoms with Crippen molar-refractivity contribution in [2.75, 3.05) is 11.4 Å². The molecule has 4 rings (SSSR count). The Bertz CT molecular complexity index is 1120. The highest BCUT2D eigenvalue weighted by Gasteiger charge is 2.26. The Balaban J connectivity index is 1.75. The van der Waals surface area contributed by atoms with Gasteiger partial charge in [0.15, 0.2) is 0 Å². The van der Waals surface area contributed by atoms with Crippen LogP contribution in [0.5, 0.6) is 0 Å². The normalized spacial score (nSPS) is 13.3. The third-order valence-corrected chi connectivity index (χ3v) is 5.03. The Labute approximate surface area is 162 Å². The molecule has 0 atom stereocenters. The van der Waals surface area contributed by atoms with E-state index < -0.39 is 5.82 Å². The van der Waals surface area contributed by atoms with E-state index in [1.54, 1.807) is 4.90 Å². The van der Waals surface area contributed by atoms with Crippen LogP contribution in [-0.4, -0.2) is 22.2 Å². The lowest BCUT2D eigenvalue weighted by atomic mass is 9.95. The fourth-order valence-electron chi connectivity index (χ4n) is 3.72. The summed E-state index contributed by atoms with van der Waals surface area (Å²) >= 11 is 0. The fraction of sp³-hybridized carbons (Fsp3) is 0.227. The first kappa shape index (κ1) is 18.1. The molecule has 0 N–H and O–H groups in total. The van der Waals surface area contributed by atoms with E-state index in [1.165, 1.54) is 47.5 Å². The van der Waals surface area contributed by atoms with Gasteiger partial charge in [-0.1, -0.05) is 6.07 Å². The maximum absolute atomic E-state index is 13.2. The van der Waals surface area contributed by atoms with Gasteiger partial charge in [-0.25, -0.2) is 4.39 Å². The summed E-state index contributed by atoms with van der Waals surface area (Å²) in [7, 11) is 0. The molecular weight excluding hydrogens is 357 g/mol. The Hall–Kier alpha value is -3.28. The van der Waals surface area contributed by atoms with Gasteiger partial charge in [0.05, 0.1) is 5.69 Å². The highest BCUT2D eigenvalue weighted by molar-refractivity contribution is 6.05. The molecule has 0 bridgehead atoms. The minimum atomic E-state index is -0.403. The number of halogens is 1. The van der Waals surface area contributed by atoms with Gasteiger partial charge in [-0.15, -0.1) is 0 Å². The molecule has 0 saturated heterocycles. The molecule has 0 unspecified atom stereocenters. The Kier molecular flexibility index (Phi) is 4.55. The van der Waals surface area contributed by atoms with E-state index in [9.17, 15) is 14.0 Å². The predicted octanol–water partition coefficient (Wildman–Crippen LogP) is 3.58. The van der Waals surface area contributed by atoms with Gasteiger partial charge in [-0.2, -0.15) is 9.78 Å². The monoisotopic (exact) mass is 377 g/mol. The number of fused-ring (bicyclic) bond motifs is 1. The second-order valence-electron chi connectivity index (χ2n) is 7.08. The van der Waals surface area contributed by atoms with Gasteiger partial charge in [0.25, 0.3) is 11.5 Å². The molecule has 3 aromatic rings. The Morgan fingerprint density at radius 2 is 1.82 bits per heavy atom. The van der Waals surface area contributed by atoms with Crippen molar-refractivity contribution in [1.29, 1.82) is 0 Å². The maximum Gasteiger partial charge on any atom is 0.278 e. The highest BCUT2D eigenvalue weighted by atomic mass is 19.1. The molecule has 1 aromatic heterocycles. The smallest absolute Gasteiger partial charge is 0.278 e. The van der Waals surface area contributed by atoms with Crippen molar-refractivity contribution in [1.82, 2.24) is 9.78 Å². The topological polar surface area (TPSA) is 55.2 Å². The minimum Gasteiger partial charge on any atom is -0.307 e. The number of aryl methyl sites for hydroxylation is 2. The molecule has 0 fully saturated rings. The number of carbonyl (C=O) groups is 1. The lowest BCUT2D eigenvalue weighted by Crippen LogP contribution is -2.37. The number of hydrogen-bond donors (Lipinski definition) is 0. The van der Waals surface area contributed by atoms with Gasteiger partial charge < -0.3 is 4.90 Å². The standard InChI is InChI=1S/C22H20FN3O2/c1-14-12-15(2)18-4-3-11-25(20(18)13-14)22(28)19-9-10-21(27)26(24-19)17-7-5-16(23)6-8-17/h5-10,12-13H,3-4,11H2,1-2H3. The summed E-state index contributed by atoms with van der Waals surface area (Å²) in [6.07, 6.45) is 1.81. The first-order valence-electron chi connectivity index (χ1n) is 9.22. The highest BCUT2D eigenvalue weighted by Crippen LogP contribution is 2.31. The quantitative estimate of drug-likeness (QED) is 0.686. The average Bonchev–Trinajstić information content (AvgIpc) is 2.68. The molecule has 6 heteroatoms. The molecule has 1 aliphatic heterocycles. The molecule has 142 valence electrons. The van der Waals surface area contributed by atoms with Crippen molar-refractivity contribution < 1.29 is 9.18 Å². The number of rotatable bonds is 2. The van der Waals surface area contributed by atoms with Crippen LogP contribution in [0.15, 0.2) is 53.3 Å². The zero-order chi connectivity index (χ0) is 19.8.